The monoisotopic (exact) mass is 395 g/mol. The lowest BCUT2D eigenvalue weighted by atomic mass is 9.75. The van der Waals surface area contributed by atoms with Crippen LogP contribution < -0.4 is 10.6 Å². The SMILES string of the molecule is N#CC1=C(N)N(c2c(F)cccc2F)C2=C(C(=O)CCC2)[C@@H]1c1ccc(F)cc1. The molecule has 0 fully saturated rings. The zero-order chi connectivity index (χ0) is 20.7. The Morgan fingerprint density at radius 2 is 1.69 bits per heavy atom. The number of allylic oxidation sites excluding steroid dienone is 3. The van der Waals surface area contributed by atoms with E-state index in [4.69, 9.17) is 5.73 Å². The molecule has 0 spiro atoms. The molecule has 1 atom stereocenters. The number of nitriles is 1. The Labute approximate surface area is 165 Å². The first kappa shape index (κ1) is 18.8. The van der Waals surface area contributed by atoms with Crippen molar-refractivity contribution >= 4 is 11.5 Å². The van der Waals surface area contributed by atoms with Crippen LogP contribution in [0.2, 0.25) is 0 Å². The first-order chi connectivity index (χ1) is 13.9. The van der Waals surface area contributed by atoms with Crippen LogP contribution in [-0.4, -0.2) is 5.78 Å². The van der Waals surface area contributed by atoms with Gasteiger partial charge in [-0.15, -0.1) is 0 Å². The third kappa shape index (κ3) is 2.97. The fourth-order valence-electron chi connectivity index (χ4n) is 4.03. The number of para-hydroxylation sites is 1. The van der Waals surface area contributed by atoms with E-state index >= 15 is 0 Å². The van der Waals surface area contributed by atoms with Gasteiger partial charge in [-0.3, -0.25) is 9.69 Å². The molecule has 0 bridgehead atoms. The standard InChI is InChI=1S/C22H16F3N3O/c23-13-9-7-12(8-10-13)19-14(11-26)22(27)28(17-5-2-6-18(29)20(17)19)21-15(24)3-1-4-16(21)25/h1,3-4,7-10,19H,2,5-6,27H2/t19-/m1/s1. The fraction of sp³-hybridized carbons (Fsp3) is 0.182. The summed E-state index contributed by atoms with van der Waals surface area (Å²) in [6, 6.07) is 10.8. The topological polar surface area (TPSA) is 70.1 Å². The average Bonchev–Trinajstić information content (AvgIpc) is 2.69. The number of carbonyl (C=O) groups excluding carboxylic acids is 1. The van der Waals surface area contributed by atoms with Crippen molar-refractivity contribution in [3.8, 4) is 6.07 Å². The van der Waals surface area contributed by atoms with Crippen LogP contribution in [0.15, 0.2) is 65.1 Å². The van der Waals surface area contributed by atoms with E-state index in [1.54, 1.807) is 0 Å². The molecule has 0 amide bonds. The van der Waals surface area contributed by atoms with E-state index in [1.807, 2.05) is 6.07 Å². The second kappa shape index (κ2) is 7.13. The van der Waals surface area contributed by atoms with Gasteiger partial charge in [0.05, 0.1) is 17.6 Å². The predicted octanol–water partition coefficient (Wildman–Crippen LogP) is 4.41. The van der Waals surface area contributed by atoms with Gasteiger partial charge in [0.1, 0.15) is 29.0 Å². The number of ketones is 1. The summed E-state index contributed by atoms with van der Waals surface area (Å²) in [5.74, 6) is -3.33. The quantitative estimate of drug-likeness (QED) is 0.818. The third-order valence-electron chi connectivity index (χ3n) is 5.28. The molecule has 2 aromatic rings. The zero-order valence-corrected chi connectivity index (χ0v) is 15.3. The summed E-state index contributed by atoms with van der Waals surface area (Å²) in [4.78, 5) is 14.0. The number of anilines is 1. The minimum atomic E-state index is -0.852. The van der Waals surface area contributed by atoms with Crippen molar-refractivity contribution in [3.63, 3.8) is 0 Å². The highest BCUT2D eigenvalue weighted by atomic mass is 19.1. The van der Waals surface area contributed by atoms with Crippen molar-refractivity contribution in [1.82, 2.24) is 0 Å². The van der Waals surface area contributed by atoms with Crippen LogP contribution in [0.5, 0.6) is 0 Å². The first-order valence-corrected chi connectivity index (χ1v) is 9.09. The van der Waals surface area contributed by atoms with Crippen LogP contribution >= 0.6 is 0 Å². The van der Waals surface area contributed by atoms with E-state index in [0.717, 1.165) is 17.0 Å². The van der Waals surface area contributed by atoms with Gasteiger partial charge in [0.25, 0.3) is 0 Å². The number of Topliss-reactive ketones (excluding diaryl/α,β-unsaturated/α-hetero) is 1. The molecule has 4 nitrogen and oxygen atoms in total. The largest absolute Gasteiger partial charge is 0.384 e. The Kier molecular flexibility index (Phi) is 4.63. The van der Waals surface area contributed by atoms with Crippen molar-refractivity contribution in [2.24, 2.45) is 5.73 Å². The Balaban J connectivity index is 2.01. The van der Waals surface area contributed by atoms with Crippen molar-refractivity contribution in [2.45, 2.75) is 25.2 Å². The second-order valence-electron chi connectivity index (χ2n) is 6.94. The predicted molar refractivity (Wildman–Crippen MR) is 101 cm³/mol. The van der Waals surface area contributed by atoms with Crippen LogP contribution in [0.25, 0.3) is 0 Å². The number of halogens is 3. The number of nitrogens with zero attached hydrogens (tertiary/aromatic N) is 2. The van der Waals surface area contributed by atoms with Gasteiger partial charge in [0, 0.05) is 17.7 Å². The first-order valence-electron chi connectivity index (χ1n) is 9.09. The van der Waals surface area contributed by atoms with E-state index < -0.39 is 29.1 Å². The van der Waals surface area contributed by atoms with Gasteiger partial charge >= 0.3 is 0 Å². The van der Waals surface area contributed by atoms with Crippen molar-refractivity contribution in [2.75, 3.05) is 4.90 Å². The van der Waals surface area contributed by atoms with Gasteiger partial charge in [0.2, 0.25) is 0 Å². The number of rotatable bonds is 2. The van der Waals surface area contributed by atoms with E-state index in [9.17, 15) is 23.2 Å². The molecule has 1 heterocycles. The van der Waals surface area contributed by atoms with Gasteiger partial charge < -0.3 is 5.73 Å². The molecule has 2 N–H and O–H groups in total. The average molecular weight is 395 g/mol. The maximum absolute atomic E-state index is 14.6. The van der Waals surface area contributed by atoms with Crippen molar-refractivity contribution in [1.29, 1.82) is 5.26 Å². The second-order valence-corrected chi connectivity index (χ2v) is 6.94. The van der Waals surface area contributed by atoms with Crippen molar-refractivity contribution in [3.05, 3.63) is 88.1 Å². The Bertz CT molecular complexity index is 1090. The van der Waals surface area contributed by atoms with Gasteiger partial charge in [-0.05, 0) is 42.7 Å². The molecule has 0 radical (unpaired) electrons. The van der Waals surface area contributed by atoms with Gasteiger partial charge in [-0.25, -0.2) is 13.2 Å². The summed E-state index contributed by atoms with van der Waals surface area (Å²) in [5.41, 5.74) is 6.98. The molecular formula is C22H16F3N3O. The molecule has 0 saturated carbocycles. The van der Waals surface area contributed by atoms with E-state index in [0.29, 0.717) is 24.1 Å². The smallest absolute Gasteiger partial charge is 0.161 e. The molecule has 2 aliphatic rings. The Hall–Kier alpha value is -3.53. The summed E-state index contributed by atoms with van der Waals surface area (Å²) in [6.07, 6.45) is 1.12. The number of hydrogen-bond acceptors (Lipinski definition) is 4. The van der Waals surface area contributed by atoms with E-state index in [1.165, 1.54) is 30.3 Å². The number of benzene rings is 2. The van der Waals surface area contributed by atoms with E-state index in [2.05, 4.69) is 0 Å². The minimum Gasteiger partial charge on any atom is -0.384 e. The van der Waals surface area contributed by atoms with Crippen LogP contribution in [0.1, 0.15) is 30.7 Å². The van der Waals surface area contributed by atoms with E-state index in [-0.39, 0.29) is 29.2 Å². The highest BCUT2D eigenvalue weighted by Gasteiger charge is 2.41. The fourth-order valence-corrected chi connectivity index (χ4v) is 4.03. The molecule has 0 aromatic heterocycles. The Morgan fingerprint density at radius 1 is 1.03 bits per heavy atom. The maximum atomic E-state index is 14.6. The number of carbonyl (C=O) groups is 1. The number of nitrogens with two attached hydrogens (primary N) is 1. The lowest BCUT2D eigenvalue weighted by Crippen LogP contribution is -2.39. The molecule has 0 saturated heterocycles. The molecule has 1 aliphatic heterocycles. The van der Waals surface area contributed by atoms with Crippen LogP contribution in [-0.2, 0) is 4.79 Å². The maximum Gasteiger partial charge on any atom is 0.161 e. The molecule has 29 heavy (non-hydrogen) atoms. The molecular weight excluding hydrogens is 379 g/mol. The summed E-state index contributed by atoms with van der Waals surface area (Å²) in [5, 5.41) is 9.82. The molecule has 146 valence electrons. The summed E-state index contributed by atoms with van der Waals surface area (Å²) < 4.78 is 42.6. The highest BCUT2D eigenvalue weighted by molar-refractivity contribution is 6.01. The lowest BCUT2D eigenvalue weighted by molar-refractivity contribution is -0.116. The Morgan fingerprint density at radius 3 is 2.31 bits per heavy atom. The molecule has 4 rings (SSSR count). The zero-order valence-electron chi connectivity index (χ0n) is 15.3. The van der Waals surface area contributed by atoms with Gasteiger partial charge in [-0.1, -0.05) is 18.2 Å². The van der Waals surface area contributed by atoms with Gasteiger partial charge in [-0.2, -0.15) is 5.26 Å². The normalized spacial score (nSPS) is 19.3. The third-order valence-corrected chi connectivity index (χ3v) is 5.28. The molecule has 1 aliphatic carbocycles. The lowest BCUT2D eigenvalue weighted by Gasteiger charge is -2.39. The molecule has 0 unspecified atom stereocenters. The highest BCUT2D eigenvalue weighted by Crippen LogP contribution is 2.47. The summed E-state index contributed by atoms with van der Waals surface area (Å²) in [6.45, 7) is 0. The summed E-state index contributed by atoms with van der Waals surface area (Å²) >= 11 is 0. The number of hydrogen-bond donors (Lipinski definition) is 1. The minimum absolute atomic E-state index is 0.00624. The summed E-state index contributed by atoms with van der Waals surface area (Å²) in [7, 11) is 0. The van der Waals surface area contributed by atoms with Crippen LogP contribution in [0.4, 0.5) is 18.9 Å². The molecule has 7 heteroatoms. The van der Waals surface area contributed by atoms with Crippen LogP contribution in [0, 0.1) is 28.8 Å². The van der Waals surface area contributed by atoms with Gasteiger partial charge in [0.15, 0.2) is 5.78 Å². The van der Waals surface area contributed by atoms with Crippen molar-refractivity contribution < 1.29 is 18.0 Å². The molecule has 2 aromatic carbocycles. The van der Waals surface area contributed by atoms with Crippen LogP contribution in [0.3, 0.4) is 0 Å².